The van der Waals surface area contributed by atoms with Gasteiger partial charge in [-0.1, -0.05) is 12.1 Å². The third kappa shape index (κ3) is 4.34. The van der Waals surface area contributed by atoms with Gasteiger partial charge in [-0.3, -0.25) is 4.79 Å². The van der Waals surface area contributed by atoms with E-state index in [0.717, 1.165) is 38.2 Å². The number of likely N-dealkylation sites (tertiary alicyclic amines) is 1. The molecular weight excluding hydrogens is 293 g/mol. The largest absolute Gasteiger partial charge is 0.416 e. The lowest BCUT2D eigenvalue weighted by atomic mass is 10.1. The molecule has 1 unspecified atom stereocenters. The van der Waals surface area contributed by atoms with Crippen molar-refractivity contribution in [3.63, 3.8) is 0 Å². The molecule has 0 bridgehead atoms. The van der Waals surface area contributed by atoms with Gasteiger partial charge in [-0.05, 0) is 49.7 Å². The van der Waals surface area contributed by atoms with Crippen LogP contribution in [0.5, 0.6) is 0 Å². The zero-order valence-corrected chi connectivity index (χ0v) is 12.4. The predicted molar refractivity (Wildman–Crippen MR) is 79.1 cm³/mol. The maximum Gasteiger partial charge on any atom is 0.416 e. The Balaban J connectivity index is 1.93. The van der Waals surface area contributed by atoms with Gasteiger partial charge in [-0.25, -0.2) is 0 Å². The molecule has 1 N–H and O–H groups in total. The molecule has 0 aliphatic carbocycles. The van der Waals surface area contributed by atoms with Crippen LogP contribution in [-0.2, 0) is 11.0 Å². The fourth-order valence-electron chi connectivity index (χ4n) is 2.54. The number of halogens is 3. The van der Waals surface area contributed by atoms with E-state index in [1.165, 1.54) is 18.2 Å². The standard InChI is InChI=1S/C16H19F3N2O/c1-20-10-13-8-9-21(11-13)15(22)7-4-12-2-5-14(6-3-12)16(17,18)19/h2-7,13,20H,8-11H2,1H3/b7-4+. The first-order chi connectivity index (χ1) is 10.4. The van der Waals surface area contributed by atoms with Crippen LogP contribution in [0.15, 0.2) is 30.3 Å². The molecule has 22 heavy (non-hydrogen) atoms. The molecule has 1 aromatic rings. The van der Waals surface area contributed by atoms with Crippen LogP contribution < -0.4 is 5.32 Å². The number of rotatable bonds is 4. The molecule has 1 fully saturated rings. The van der Waals surface area contributed by atoms with Crippen molar-refractivity contribution in [3.05, 3.63) is 41.5 Å². The van der Waals surface area contributed by atoms with E-state index < -0.39 is 11.7 Å². The van der Waals surface area contributed by atoms with Crippen molar-refractivity contribution in [2.45, 2.75) is 12.6 Å². The topological polar surface area (TPSA) is 32.3 Å². The molecule has 1 saturated heterocycles. The average Bonchev–Trinajstić information content (AvgIpc) is 2.93. The molecule has 0 radical (unpaired) electrons. The highest BCUT2D eigenvalue weighted by Gasteiger charge is 2.29. The third-order valence-electron chi connectivity index (χ3n) is 3.75. The first-order valence-electron chi connectivity index (χ1n) is 7.19. The monoisotopic (exact) mass is 312 g/mol. The van der Waals surface area contributed by atoms with Crippen molar-refractivity contribution in [3.8, 4) is 0 Å². The highest BCUT2D eigenvalue weighted by atomic mass is 19.4. The molecule has 0 spiro atoms. The lowest BCUT2D eigenvalue weighted by molar-refractivity contribution is -0.137. The van der Waals surface area contributed by atoms with E-state index in [0.29, 0.717) is 11.5 Å². The number of carbonyl (C=O) groups excluding carboxylic acids is 1. The third-order valence-corrected chi connectivity index (χ3v) is 3.75. The van der Waals surface area contributed by atoms with Crippen LogP contribution in [0.1, 0.15) is 17.5 Å². The van der Waals surface area contributed by atoms with Gasteiger partial charge in [0.15, 0.2) is 0 Å². The van der Waals surface area contributed by atoms with Crippen molar-refractivity contribution in [1.29, 1.82) is 0 Å². The Morgan fingerprint density at radius 1 is 1.36 bits per heavy atom. The van der Waals surface area contributed by atoms with Crippen molar-refractivity contribution < 1.29 is 18.0 Å². The minimum absolute atomic E-state index is 0.0986. The molecule has 2 rings (SSSR count). The molecule has 0 saturated carbocycles. The van der Waals surface area contributed by atoms with Crippen LogP contribution in [0.4, 0.5) is 13.2 Å². The number of nitrogens with one attached hydrogen (secondary N) is 1. The van der Waals surface area contributed by atoms with Crippen LogP contribution in [0, 0.1) is 5.92 Å². The number of alkyl halides is 3. The van der Waals surface area contributed by atoms with Gasteiger partial charge in [-0.2, -0.15) is 13.2 Å². The number of nitrogens with zero attached hydrogens (tertiary/aromatic N) is 1. The van der Waals surface area contributed by atoms with Crippen LogP contribution >= 0.6 is 0 Å². The molecule has 1 amide bonds. The van der Waals surface area contributed by atoms with Gasteiger partial charge in [0.05, 0.1) is 5.56 Å². The normalized spacial score (nSPS) is 19.1. The predicted octanol–water partition coefficient (Wildman–Crippen LogP) is 2.79. The molecule has 1 aliphatic rings. The minimum Gasteiger partial charge on any atom is -0.339 e. The Morgan fingerprint density at radius 2 is 2.05 bits per heavy atom. The van der Waals surface area contributed by atoms with Crippen LogP contribution in [-0.4, -0.2) is 37.5 Å². The summed E-state index contributed by atoms with van der Waals surface area (Å²) < 4.78 is 37.4. The van der Waals surface area contributed by atoms with Gasteiger partial charge in [0, 0.05) is 19.2 Å². The van der Waals surface area contributed by atoms with E-state index in [1.54, 1.807) is 11.0 Å². The summed E-state index contributed by atoms with van der Waals surface area (Å²) >= 11 is 0. The Labute approximate surface area is 127 Å². The lowest BCUT2D eigenvalue weighted by Gasteiger charge is -2.14. The highest BCUT2D eigenvalue weighted by Crippen LogP contribution is 2.29. The first kappa shape index (κ1) is 16.5. The zero-order valence-electron chi connectivity index (χ0n) is 12.4. The number of hydrogen-bond donors (Lipinski definition) is 1. The van der Waals surface area contributed by atoms with E-state index in [2.05, 4.69) is 5.32 Å². The van der Waals surface area contributed by atoms with Crippen molar-refractivity contribution in [2.75, 3.05) is 26.7 Å². The fourth-order valence-corrected chi connectivity index (χ4v) is 2.54. The Hall–Kier alpha value is -1.82. The molecule has 6 heteroatoms. The molecule has 120 valence electrons. The van der Waals surface area contributed by atoms with Crippen molar-refractivity contribution in [1.82, 2.24) is 10.2 Å². The Kier molecular flexibility index (Phi) is 5.24. The SMILES string of the molecule is CNCC1CCN(C(=O)/C=C/c2ccc(C(F)(F)F)cc2)C1. The summed E-state index contributed by atoms with van der Waals surface area (Å²) in [4.78, 5) is 13.8. The summed E-state index contributed by atoms with van der Waals surface area (Å²) in [6, 6.07) is 4.76. The van der Waals surface area contributed by atoms with Gasteiger partial charge in [0.1, 0.15) is 0 Å². The Morgan fingerprint density at radius 3 is 2.64 bits per heavy atom. The molecule has 0 aromatic heterocycles. The number of benzene rings is 1. The minimum atomic E-state index is -4.34. The van der Waals surface area contributed by atoms with Gasteiger partial charge in [0.2, 0.25) is 5.91 Å². The van der Waals surface area contributed by atoms with Crippen molar-refractivity contribution >= 4 is 12.0 Å². The van der Waals surface area contributed by atoms with Gasteiger partial charge < -0.3 is 10.2 Å². The van der Waals surface area contributed by atoms with E-state index in [-0.39, 0.29) is 5.91 Å². The quantitative estimate of drug-likeness (QED) is 0.867. The van der Waals surface area contributed by atoms with E-state index in [9.17, 15) is 18.0 Å². The Bertz CT molecular complexity index is 537. The summed E-state index contributed by atoms with van der Waals surface area (Å²) in [6.45, 7) is 2.33. The summed E-state index contributed by atoms with van der Waals surface area (Å²) in [7, 11) is 1.88. The fraction of sp³-hybridized carbons (Fsp3) is 0.438. The summed E-state index contributed by atoms with van der Waals surface area (Å²) in [5.74, 6) is 0.368. The van der Waals surface area contributed by atoms with E-state index in [4.69, 9.17) is 0 Å². The van der Waals surface area contributed by atoms with E-state index >= 15 is 0 Å². The van der Waals surface area contributed by atoms with Gasteiger partial charge in [-0.15, -0.1) is 0 Å². The molecule has 1 heterocycles. The highest BCUT2D eigenvalue weighted by molar-refractivity contribution is 5.91. The van der Waals surface area contributed by atoms with Crippen LogP contribution in [0.25, 0.3) is 6.08 Å². The molecular formula is C16H19F3N2O. The number of hydrogen-bond acceptors (Lipinski definition) is 2. The molecule has 1 aliphatic heterocycles. The van der Waals surface area contributed by atoms with E-state index in [1.807, 2.05) is 7.05 Å². The van der Waals surface area contributed by atoms with Crippen molar-refractivity contribution in [2.24, 2.45) is 5.92 Å². The zero-order chi connectivity index (χ0) is 16.2. The molecule has 3 nitrogen and oxygen atoms in total. The van der Waals surface area contributed by atoms with Gasteiger partial charge in [0.25, 0.3) is 0 Å². The summed E-state index contributed by atoms with van der Waals surface area (Å²) in [6.07, 6.45) is -0.394. The first-order valence-corrected chi connectivity index (χ1v) is 7.19. The lowest BCUT2D eigenvalue weighted by Crippen LogP contribution is -2.28. The second-order valence-electron chi connectivity index (χ2n) is 5.45. The number of amides is 1. The molecule has 1 aromatic carbocycles. The van der Waals surface area contributed by atoms with Crippen LogP contribution in [0.2, 0.25) is 0 Å². The average molecular weight is 312 g/mol. The molecule has 1 atom stereocenters. The van der Waals surface area contributed by atoms with Gasteiger partial charge >= 0.3 is 6.18 Å². The maximum atomic E-state index is 12.5. The second kappa shape index (κ2) is 6.96. The summed E-state index contributed by atoms with van der Waals surface area (Å²) in [5.41, 5.74) is -0.113. The number of carbonyl (C=O) groups is 1. The van der Waals surface area contributed by atoms with Crippen LogP contribution in [0.3, 0.4) is 0 Å². The summed E-state index contributed by atoms with van der Waals surface area (Å²) in [5, 5.41) is 3.10. The maximum absolute atomic E-state index is 12.5. The second-order valence-corrected chi connectivity index (χ2v) is 5.45. The smallest absolute Gasteiger partial charge is 0.339 e.